The van der Waals surface area contributed by atoms with Gasteiger partial charge in [0.15, 0.2) is 5.82 Å². The SMILES string of the molecule is Cc1nc(Cl)cc(N/N=C\c2ccc(Br)cc2)n1. The Hall–Kier alpha value is -1.46. The second-order valence-corrected chi connectivity index (χ2v) is 4.85. The van der Waals surface area contributed by atoms with Crippen molar-refractivity contribution in [1.29, 1.82) is 0 Å². The minimum absolute atomic E-state index is 0.392. The molecular weight excluding hydrogens is 316 g/mol. The topological polar surface area (TPSA) is 50.2 Å². The molecule has 0 radical (unpaired) electrons. The fourth-order valence-corrected chi connectivity index (χ4v) is 1.80. The molecule has 0 fully saturated rings. The van der Waals surface area contributed by atoms with Crippen LogP contribution < -0.4 is 5.43 Å². The highest BCUT2D eigenvalue weighted by Crippen LogP contribution is 2.11. The number of benzene rings is 1. The summed E-state index contributed by atoms with van der Waals surface area (Å²) < 4.78 is 1.03. The van der Waals surface area contributed by atoms with Crippen molar-refractivity contribution in [3.8, 4) is 0 Å². The minimum Gasteiger partial charge on any atom is -0.261 e. The van der Waals surface area contributed by atoms with Crippen molar-refractivity contribution in [2.45, 2.75) is 6.92 Å². The Morgan fingerprint density at radius 1 is 1.28 bits per heavy atom. The molecule has 1 N–H and O–H groups in total. The van der Waals surface area contributed by atoms with E-state index in [-0.39, 0.29) is 0 Å². The average Bonchev–Trinajstić information content (AvgIpc) is 2.30. The number of anilines is 1. The first-order valence-corrected chi connectivity index (χ1v) is 6.36. The van der Waals surface area contributed by atoms with Gasteiger partial charge in [-0.05, 0) is 24.6 Å². The summed E-state index contributed by atoms with van der Waals surface area (Å²) in [5, 5.41) is 4.48. The molecule has 1 heterocycles. The quantitative estimate of drug-likeness (QED) is 0.532. The Morgan fingerprint density at radius 3 is 2.67 bits per heavy atom. The van der Waals surface area contributed by atoms with E-state index < -0.39 is 0 Å². The van der Waals surface area contributed by atoms with Crippen LogP contribution in [0.3, 0.4) is 0 Å². The minimum atomic E-state index is 0.392. The number of hydrogen-bond acceptors (Lipinski definition) is 4. The van der Waals surface area contributed by atoms with Crippen molar-refractivity contribution in [2.24, 2.45) is 5.10 Å². The molecule has 0 saturated carbocycles. The summed E-state index contributed by atoms with van der Waals surface area (Å²) in [5.74, 6) is 1.17. The molecule has 0 amide bonds. The lowest BCUT2D eigenvalue weighted by Crippen LogP contribution is -1.97. The third-order valence-electron chi connectivity index (χ3n) is 2.07. The first kappa shape index (κ1) is 13.0. The Morgan fingerprint density at radius 2 is 2.00 bits per heavy atom. The van der Waals surface area contributed by atoms with E-state index in [4.69, 9.17) is 11.6 Å². The van der Waals surface area contributed by atoms with Crippen molar-refractivity contribution in [1.82, 2.24) is 9.97 Å². The van der Waals surface area contributed by atoms with Gasteiger partial charge < -0.3 is 0 Å². The van der Waals surface area contributed by atoms with Crippen LogP contribution in [-0.2, 0) is 0 Å². The number of hydrazone groups is 1. The number of nitrogens with one attached hydrogen (secondary N) is 1. The normalized spacial score (nSPS) is 10.8. The third-order valence-corrected chi connectivity index (χ3v) is 2.79. The lowest BCUT2D eigenvalue weighted by molar-refractivity contribution is 1.04. The van der Waals surface area contributed by atoms with E-state index in [0.717, 1.165) is 10.0 Å². The maximum absolute atomic E-state index is 5.82. The molecule has 4 nitrogen and oxygen atoms in total. The molecule has 0 saturated heterocycles. The molecule has 2 aromatic rings. The van der Waals surface area contributed by atoms with Crippen LogP contribution in [0.15, 0.2) is 39.9 Å². The third kappa shape index (κ3) is 3.78. The van der Waals surface area contributed by atoms with Crippen LogP contribution in [-0.4, -0.2) is 16.2 Å². The van der Waals surface area contributed by atoms with Crippen LogP contribution in [0.4, 0.5) is 5.82 Å². The molecular formula is C12H10BrClN4. The van der Waals surface area contributed by atoms with Gasteiger partial charge in [0.25, 0.3) is 0 Å². The first-order chi connectivity index (χ1) is 8.63. The van der Waals surface area contributed by atoms with Crippen LogP contribution in [0, 0.1) is 6.92 Å². The van der Waals surface area contributed by atoms with Crippen LogP contribution >= 0.6 is 27.5 Å². The molecule has 2 rings (SSSR count). The van der Waals surface area contributed by atoms with Crippen molar-refractivity contribution in [2.75, 3.05) is 5.43 Å². The van der Waals surface area contributed by atoms with Gasteiger partial charge in [-0.3, -0.25) is 5.43 Å². The summed E-state index contributed by atoms with van der Waals surface area (Å²) in [6.07, 6.45) is 1.71. The van der Waals surface area contributed by atoms with Crippen LogP contribution in [0.2, 0.25) is 5.15 Å². The Labute approximate surface area is 118 Å². The van der Waals surface area contributed by atoms with Gasteiger partial charge in [-0.1, -0.05) is 39.7 Å². The summed E-state index contributed by atoms with van der Waals surface area (Å²) in [4.78, 5) is 8.12. The fraction of sp³-hybridized carbons (Fsp3) is 0.0833. The molecule has 6 heteroatoms. The maximum Gasteiger partial charge on any atom is 0.151 e. The highest BCUT2D eigenvalue weighted by atomic mass is 79.9. The number of halogens is 2. The fourth-order valence-electron chi connectivity index (χ4n) is 1.31. The summed E-state index contributed by atoms with van der Waals surface area (Å²) >= 11 is 9.19. The van der Waals surface area contributed by atoms with Gasteiger partial charge in [0.1, 0.15) is 11.0 Å². The Balaban J connectivity index is 2.04. The lowest BCUT2D eigenvalue weighted by atomic mass is 10.2. The highest BCUT2D eigenvalue weighted by Gasteiger charge is 1.97. The van der Waals surface area contributed by atoms with E-state index in [9.17, 15) is 0 Å². The number of aromatic nitrogens is 2. The van der Waals surface area contributed by atoms with Crippen LogP contribution in [0.1, 0.15) is 11.4 Å². The molecule has 0 atom stereocenters. The van der Waals surface area contributed by atoms with Gasteiger partial charge >= 0.3 is 0 Å². The predicted molar refractivity (Wildman–Crippen MR) is 77.1 cm³/mol. The van der Waals surface area contributed by atoms with Crippen molar-refractivity contribution >= 4 is 39.6 Å². The monoisotopic (exact) mass is 324 g/mol. The second-order valence-electron chi connectivity index (χ2n) is 3.54. The van der Waals surface area contributed by atoms with E-state index in [1.165, 1.54) is 0 Å². The molecule has 18 heavy (non-hydrogen) atoms. The average molecular weight is 326 g/mol. The zero-order valence-corrected chi connectivity index (χ0v) is 11.9. The number of hydrogen-bond donors (Lipinski definition) is 1. The van der Waals surface area contributed by atoms with E-state index in [1.54, 1.807) is 19.2 Å². The van der Waals surface area contributed by atoms with Gasteiger partial charge in [-0.15, -0.1) is 0 Å². The standard InChI is InChI=1S/C12H10BrClN4/c1-8-16-11(14)6-12(17-8)18-15-7-9-2-4-10(13)5-3-9/h2-7H,1H3,(H,16,17,18)/b15-7-. The molecule has 0 aliphatic rings. The maximum atomic E-state index is 5.82. The predicted octanol–water partition coefficient (Wildman–Crippen LogP) is 3.65. The molecule has 92 valence electrons. The summed E-state index contributed by atoms with van der Waals surface area (Å²) in [7, 11) is 0. The molecule has 0 unspecified atom stereocenters. The van der Waals surface area contributed by atoms with Crippen LogP contribution in [0.25, 0.3) is 0 Å². The molecule has 0 aliphatic heterocycles. The van der Waals surface area contributed by atoms with Crippen LogP contribution in [0.5, 0.6) is 0 Å². The van der Waals surface area contributed by atoms with Gasteiger partial charge in [0.2, 0.25) is 0 Å². The van der Waals surface area contributed by atoms with E-state index >= 15 is 0 Å². The Kier molecular flexibility index (Phi) is 4.28. The smallest absolute Gasteiger partial charge is 0.151 e. The zero-order chi connectivity index (χ0) is 13.0. The van der Waals surface area contributed by atoms with Crippen molar-refractivity contribution < 1.29 is 0 Å². The highest BCUT2D eigenvalue weighted by molar-refractivity contribution is 9.10. The Bertz CT molecular complexity index is 549. The largest absolute Gasteiger partial charge is 0.261 e. The summed E-state index contributed by atoms with van der Waals surface area (Å²) in [6, 6.07) is 9.43. The summed E-state index contributed by atoms with van der Waals surface area (Å²) in [5.41, 5.74) is 3.80. The van der Waals surface area contributed by atoms with Gasteiger partial charge in [0, 0.05) is 10.5 Å². The molecule has 0 spiro atoms. The molecule has 1 aromatic heterocycles. The van der Waals surface area contributed by atoms with Crippen molar-refractivity contribution in [3.05, 3.63) is 51.3 Å². The number of nitrogens with zero attached hydrogens (tertiary/aromatic N) is 3. The molecule has 0 aliphatic carbocycles. The first-order valence-electron chi connectivity index (χ1n) is 5.19. The van der Waals surface area contributed by atoms with Gasteiger partial charge in [0.05, 0.1) is 6.21 Å². The summed E-state index contributed by atoms with van der Waals surface area (Å²) in [6.45, 7) is 1.77. The lowest BCUT2D eigenvalue weighted by Gasteiger charge is -2.00. The molecule has 0 bridgehead atoms. The van der Waals surface area contributed by atoms with Gasteiger partial charge in [-0.25, -0.2) is 9.97 Å². The number of aryl methyl sites for hydroxylation is 1. The van der Waals surface area contributed by atoms with E-state index in [1.807, 2.05) is 24.3 Å². The second kappa shape index (κ2) is 5.93. The van der Waals surface area contributed by atoms with E-state index in [0.29, 0.717) is 16.8 Å². The van der Waals surface area contributed by atoms with Gasteiger partial charge in [-0.2, -0.15) is 5.10 Å². The molecule has 1 aromatic carbocycles. The van der Waals surface area contributed by atoms with Crippen molar-refractivity contribution in [3.63, 3.8) is 0 Å². The number of rotatable bonds is 3. The van der Waals surface area contributed by atoms with E-state index in [2.05, 4.69) is 36.4 Å². The zero-order valence-electron chi connectivity index (χ0n) is 9.56.